The van der Waals surface area contributed by atoms with Gasteiger partial charge in [0.1, 0.15) is 0 Å². The van der Waals surface area contributed by atoms with Crippen LogP contribution in [-0.2, 0) is 19.3 Å². The molecule has 0 atom stereocenters. The van der Waals surface area contributed by atoms with Crippen molar-refractivity contribution in [2.75, 3.05) is 0 Å². The number of hydrogen-bond donors (Lipinski definition) is 0. The molecule has 0 saturated carbocycles. The molecule has 2 aliphatic carbocycles. The lowest BCUT2D eigenvalue weighted by Crippen LogP contribution is -2.09. The molecule has 0 aromatic heterocycles. The average Bonchev–Trinajstić information content (AvgIpc) is 3.14. The van der Waals surface area contributed by atoms with Crippen molar-refractivity contribution < 1.29 is 0 Å². The van der Waals surface area contributed by atoms with Crippen LogP contribution in [0.15, 0.2) is 84.9 Å². The molecule has 0 amide bonds. The van der Waals surface area contributed by atoms with Gasteiger partial charge in [0.25, 0.3) is 0 Å². The lowest BCUT2D eigenvalue weighted by atomic mass is 9.80. The zero-order chi connectivity index (χ0) is 18.9. The molecule has 0 unspecified atom stereocenters. The standard InChI is InChI=1S/C29H20/c1-2-7-20-15-28-24(13-19(20)6-1)14-23-12-11-22-16-26-21(17-27(22)29(23)28)10-9-18-5-3-4-8-25(18)26/h1-13,15H,14,16-17H2. The molecule has 0 bridgehead atoms. The summed E-state index contributed by atoms with van der Waals surface area (Å²) < 4.78 is 0. The van der Waals surface area contributed by atoms with Crippen molar-refractivity contribution in [1.29, 1.82) is 0 Å². The van der Waals surface area contributed by atoms with Crippen molar-refractivity contribution in [2.24, 2.45) is 0 Å². The maximum atomic E-state index is 2.42. The fourth-order valence-electron chi connectivity index (χ4n) is 5.60. The molecule has 0 aliphatic heterocycles. The van der Waals surface area contributed by atoms with Gasteiger partial charge in [0.2, 0.25) is 0 Å². The Balaban J connectivity index is 1.45. The lowest BCUT2D eigenvalue weighted by Gasteiger charge is -2.24. The number of fused-ring (bicyclic) bond motifs is 9. The molecule has 0 spiro atoms. The predicted octanol–water partition coefficient (Wildman–Crippen LogP) is 7.06. The van der Waals surface area contributed by atoms with Crippen LogP contribution in [0.3, 0.4) is 0 Å². The molecule has 0 radical (unpaired) electrons. The summed E-state index contributed by atoms with van der Waals surface area (Å²) in [6.07, 6.45) is 3.15. The van der Waals surface area contributed by atoms with E-state index in [2.05, 4.69) is 84.9 Å². The Bertz CT molecular complexity index is 1470. The van der Waals surface area contributed by atoms with E-state index >= 15 is 0 Å². The van der Waals surface area contributed by atoms with E-state index < -0.39 is 0 Å². The molecular weight excluding hydrogens is 348 g/mol. The Morgan fingerprint density at radius 1 is 0.448 bits per heavy atom. The van der Waals surface area contributed by atoms with Gasteiger partial charge < -0.3 is 0 Å². The second-order valence-corrected chi connectivity index (χ2v) is 8.55. The van der Waals surface area contributed by atoms with Crippen LogP contribution in [0.25, 0.3) is 32.7 Å². The zero-order valence-corrected chi connectivity index (χ0v) is 16.2. The highest BCUT2D eigenvalue weighted by molar-refractivity contribution is 5.94. The van der Waals surface area contributed by atoms with Gasteiger partial charge in [-0.25, -0.2) is 0 Å². The molecule has 0 saturated heterocycles. The molecular formula is C29H20. The van der Waals surface area contributed by atoms with Gasteiger partial charge in [0.15, 0.2) is 0 Å². The van der Waals surface area contributed by atoms with E-state index in [1.54, 1.807) is 5.56 Å². The lowest BCUT2D eigenvalue weighted by molar-refractivity contribution is 1.01. The minimum Gasteiger partial charge on any atom is -0.0616 e. The van der Waals surface area contributed by atoms with Crippen molar-refractivity contribution >= 4 is 21.5 Å². The Labute approximate surface area is 170 Å². The second kappa shape index (κ2) is 5.58. The molecule has 5 aromatic rings. The van der Waals surface area contributed by atoms with Gasteiger partial charge in [-0.2, -0.15) is 0 Å². The monoisotopic (exact) mass is 368 g/mol. The van der Waals surface area contributed by atoms with Crippen molar-refractivity contribution in [2.45, 2.75) is 19.3 Å². The van der Waals surface area contributed by atoms with Gasteiger partial charge in [-0.05, 0) is 91.4 Å². The third kappa shape index (κ3) is 2.15. The highest BCUT2D eigenvalue weighted by Gasteiger charge is 2.27. The molecule has 0 fully saturated rings. The summed E-state index contributed by atoms with van der Waals surface area (Å²) in [7, 11) is 0. The summed E-state index contributed by atoms with van der Waals surface area (Å²) in [6, 6.07) is 31.8. The SMILES string of the molecule is c1ccc2cc3c(cc2c1)Cc1ccc2c(c1-3)Cc1ccc3ccccc3c1C2. The average molecular weight is 368 g/mol. The van der Waals surface area contributed by atoms with Crippen LogP contribution >= 0.6 is 0 Å². The number of rotatable bonds is 0. The Morgan fingerprint density at radius 3 is 2.00 bits per heavy atom. The fraction of sp³-hybridized carbons (Fsp3) is 0.103. The summed E-state index contributed by atoms with van der Waals surface area (Å²) in [5, 5.41) is 5.47. The highest BCUT2D eigenvalue weighted by Crippen LogP contribution is 2.45. The van der Waals surface area contributed by atoms with E-state index in [0.29, 0.717) is 0 Å². The first-order valence-corrected chi connectivity index (χ1v) is 10.5. The first-order chi connectivity index (χ1) is 14.3. The molecule has 0 nitrogen and oxygen atoms in total. The van der Waals surface area contributed by atoms with Crippen LogP contribution in [0.1, 0.15) is 33.4 Å². The van der Waals surface area contributed by atoms with Crippen LogP contribution in [-0.4, -0.2) is 0 Å². The second-order valence-electron chi connectivity index (χ2n) is 8.55. The summed E-state index contributed by atoms with van der Waals surface area (Å²) in [4.78, 5) is 0. The smallest absolute Gasteiger partial charge is 0.00131 e. The first-order valence-electron chi connectivity index (χ1n) is 10.5. The first kappa shape index (κ1) is 15.5. The van der Waals surface area contributed by atoms with Crippen molar-refractivity contribution in [3.05, 3.63) is 118 Å². The Kier molecular flexibility index (Phi) is 2.99. The van der Waals surface area contributed by atoms with Crippen LogP contribution in [0.5, 0.6) is 0 Å². The maximum Gasteiger partial charge on any atom is -0.00131 e. The van der Waals surface area contributed by atoms with Crippen LogP contribution in [0, 0.1) is 0 Å². The van der Waals surface area contributed by atoms with E-state index in [1.165, 1.54) is 60.5 Å². The zero-order valence-electron chi connectivity index (χ0n) is 16.2. The number of hydrogen-bond acceptors (Lipinski definition) is 0. The van der Waals surface area contributed by atoms with Gasteiger partial charge in [-0.3, -0.25) is 0 Å². The highest BCUT2D eigenvalue weighted by atomic mass is 14.3. The van der Waals surface area contributed by atoms with E-state index in [4.69, 9.17) is 0 Å². The van der Waals surface area contributed by atoms with Gasteiger partial charge in [0, 0.05) is 0 Å². The third-order valence-electron chi connectivity index (χ3n) is 6.99. The molecule has 5 aromatic carbocycles. The molecule has 0 heteroatoms. The molecule has 2 aliphatic rings. The van der Waals surface area contributed by atoms with Gasteiger partial charge in [-0.15, -0.1) is 0 Å². The third-order valence-corrected chi connectivity index (χ3v) is 6.99. The van der Waals surface area contributed by atoms with E-state index in [-0.39, 0.29) is 0 Å². The van der Waals surface area contributed by atoms with Gasteiger partial charge in [0.05, 0.1) is 0 Å². The van der Waals surface area contributed by atoms with Crippen LogP contribution in [0.4, 0.5) is 0 Å². The minimum absolute atomic E-state index is 1.04. The summed E-state index contributed by atoms with van der Waals surface area (Å²) in [5.41, 5.74) is 12.0. The predicted molar refractivity (Wildman–Crippen MR) is 122 cm³/mol. The molecule has 0 N–H and O–H groups in total. The van der Waals surface area contributed by atoms with E-state index in [0.717, 1.165) is 19.3 Å². The summed E-state index contributed by atoms with van der Waals surface area (Å²) in [5.74, 6) is 0. The Morgan fingerprint density at radius 2 is 1.10 bits per heavy atom. The molecule has 29 heavy (non-hydrogen) atoms. The van der Waals surface area contributed by atoms with Crippen molar-refractivity contribution in [1.82, 2.24) is 0 Å². The fourth-order valence-corrected chi connectivity index (χ4v) is 5.60. The van der Waals surface area contributed by atoms with Gasteiger partial charge in [-0.1, -0.05) is 78.9 Å². The molecule has 136 valence electrons. The van der Waals surface area contributed by atoms with E-state index in [9.17, 15) is 0 Å². The quantitative estimate of drug-likeness (QED) is 0.269. The summed E-state index contributed by atoms with van der Waals surface area (Å²) >= 11 is 0. The van der Waals surface area contributed by atoms with Crippen molar-refractivity contribution in [3.8, 4) is 11.1 Å². The van der Waals surface area contributed by atoms with Crippen molar-refractivity contribution in [3.63, 3.8) is 0 Å². The van der Waals surface area contributed by atoms with Crippen LogP contribution < -0.4 is 0 Å². The minimum atomic E-state index is 1.04. The van der Waals surface area contributed by atoms with Gasteiger partial charge >= 0.3 is 0 Å². The Hall–Kier alpha value is -3.38. The topological polar surface area (TPSA) is 0 Å². The van der Waals surface area contributed by atoms with E-state index in [1.807, 2.05) is 0 Å². The summed E-state index contributed by atoms with van der Waals surface area (Å²) in [6.45, 7) is 0. The largest absolute Gasteiger partial charge is 0.0616 e. The molecule has 0 heterocycles. The van der Waals surface area contributed by atoms with Crippen LogP contribution in [0.2, 0.25) is 0 Å². The normalized spacial score (nSPS) is 13.8. The number of benzene rings is 5. The maximum absolute atomic E-state index is 2.42. The molecule has 7 rings (SSSR count).